The Hall–Kier alpha value is -1.91. The van der Waals surface area contributed by atoms with Crippen LogP contribution in [0.4, 0.5) is 4.39 Å². The molecule has 4 nitrogen and oxygen atoms in total. The van der Waals surface area contributed by atoms with E-state index in [0.717, 1.165) is 25.7 Å². The number of nitrogens with zero attached hydrogens (tertiary/aromatic N) is 1. The molecule has 25 heavy (non-hydrogen) atoms. The lowest BCUT2D eigenvalue weighted by molar-refractivity contribution is -0.141. The second kappa shape index (κ2) is 9.54. The molecule has 0 spiro atoms. The molecule has 1 unspecified atom stereocenters. The maximum Gasteiger partial charge on any atom is 0.242 e. The molecule has 5 heteroatoms. The van der Waals surface area contributed by atoms with Crippen molar-refractivity contribution in [2.75, 3.05) is 0 Å². The van der Waals surface area contributed by atoms with E-state index < -0.39 is 6.04 Å². The van der Waals surface area contributed by atoms with Gasteiger partial charge in [0.05, 0.1) is 0 Å². The predicted molar refractivity (Wildman–Crippen MR) is 96.3 cm³/mol. The van der Waals surface area contributed by atoms with Gasteiger partial charge in [0.15, 0.2) is 0 Å². The number of rotatable bonds is 7. The van der Waals surface area contributed by atoms with Crippen LogP contribution < -0.4 is 5.32 Å². The Morgan fingerprint density at radius 1 is 1.24 bits per heavy atom. The van der Waals surface area contributed by atoms with Crippen molar-refractivity contribution in [3.8, 4) is 0 Å². The first kappa shape index (κ1) is 19.4. The van der Waals surface area contributed by atoms with Gasteiger partial charge in [0.2, 0.25) is 11.8 Å². The highest BCUT2D eigenvalue weighted by molar-refractivity contribution is 5.87. The van der Waals surface area contributed by atoms with Crippen LogP contribution in [0.2, 0.25) is 0 Å². The molecule has 138 valence electrons. The molecule has 1 aromatic rings. The summed E-state index contributed by atoms with van der Waals surface area (Å²) in [6.45, 7) is 3.77. The van der Waals surface area contributed by atoms with Crippen LogP contribution in [0.25, 0.3) is 0 Å². The Morgan fingerprint density at radius 2 is 1.92 bits per heavy atom. The first-order valence-electron chi connectivity index (χ1n) is 9.36. The maximum absolute atomic E-state index is 14.0. The minimum atomic E-state index is -0.611. The summed E-state index contributed by atoms with van der Waals surface area (Å²) in [5.41, 5.74) is 0.435. The number of halogens is 1. The number of nitrogens with one attached hydrogen (secondary N) is 1. The molecule has 0 aromatic heterocycles. The molecular weight excluding hydrogens is 319 g/mol. The molecule has 1 aromatic carbocycles. The molecule has 0 heterocycles. The SMILES string of the molecule is CCCC(=O)N(Cc1ccccc1F)C(C)C(=O)NC1CCCCC1. The van der Waals surface area contributed by atoms with E-state index in [9.17, 15) is 14.0 Å². The maximum atomic E-state index is 14.0. The third-order valence-electron chi connectivity index (χ3n) is 4.88. The van der Waals surface area contributed by atoms with E-state index >= 15 is 0 Å². The van der Waals surface area contributed by atoms with Gasteiger partial charge >= 0.3 is 0 Å². The highest BCUT2D eigenvalue weighted by Gasteiger charge is 2.28. The van der Waals surface area contributed by atoms with Gasteiger partial charge in [-0.05, 0) is 32.3 Å². The Balaban J connectivity index is 2.08. The van der Waals surface area contributed by atoms with E-state index in [-0.39, 0.29) is 30.2 Å². The number of amides is 2. The van der Waals surface area contributed by atoms with Gasteiger partial charge in [-0.3, -0.25) is 9.59 Å². The zero-order valence-electron chi connectivity index (χ0n) is 15.3. The van der Waals surface area contributed by atoms with Gasteiger partial charge in [-0.1, -0.05) is 44.4 Å². The molecule has 1 atom stereocenters. The van der Waals surface area contributed by atoms with Crippen molar-refractivity contribution in [3.05, 3.63) is 35.6 Å². The topological polar surface area (TPSA) is 49.4 Å². The second-order valence-electron chi connectivity index (χ2n) is 6.88. The molecule has 0 radical (unpaired) electrons. The summed E-state index contributed by atoms with van der Waals surface area (Å²) in [6, 6.07) is 5.99. The van der Waals surface area contributed by atoms with Crippen LogP contribution in [0.15, 0.2) is 24.3 Å². The minimum Gasteiger partial charge on any atom is -0.352 e. The average Bonchev–Trinajstić information content (AvgIpc) is 2.61. The number of carbonyl (C=O) groups excluding carboxylic acids is 2. The Bertz CT molecular complexity index is 585. The molecule has 0 aliphatic heterocycles. The van der Waals surface area contributed by atoms with Crippen LogP contribution in [-0.4, -0.2) is 28.8 Å². The van der Waals surface area contributed by atoms with E-state index in [0.29, 0.717) is 18.4 Å². The summed E-state index contributed by atoms with van der Waals surface area (Å²) in [4.78, 5) is 26.7. The smallest absolute Gasteiger partial charge is 0.242 e. The summed E-state index contributed by atoms with van der Waals surface area (Å²) in [5.74, 6) is -0.610. The van der Waals surface area contributed by atoms with Gasteiger partial charge in [0, 0.05) is 24.6 Å². The van der Waals surface area contributed by atoms with Gasteiger partial charge in [0.25, 0.3) is 0 Å². The summed E-state index contributed by atoms with van der Waals surface area (Å²) < 4.78 is 14.0. The van der Waals surface area contributed by atoms with Crippen LogP contribution in [0.1, 0.15) is 64.4 Å². The van der Waals surface area contributed by atoms with E-state index in [2.05, 4.69) is 5.32 Å². The molecule has 2 amide bonds. The quantitative estimate of drug-likeness (QED) is 0.815. The number of benzene rings is 1. The normalized spacial score (nSPS) is 16.3. The van der Waals surface area contributed by atoms with Crippen molar-refractivity contribution in [2.45, 2.75) is 77.4 Å². The van der Waals surface area contributed by atoms with Crippen LogP contribution in [0.3, 0.4) is 0 Å². The first-order chi connectivity index (χ1) is 12.0. The van der Waals surface area contributed by atoms with E-state index in [1.165, 1.54) is 17.4 Å². The van der Waals surface area contributed by atoms with E-state index in [1.807, 2.05) is 6.92 Å². The van der Waals surface area contributed by atoms with Crippen LogP contribution >= 0.6 is 0 Å². The predicted octanol–water partition coefficient (Wildman–Crippen LogP) is 3.79. The fourth-order valence-electron chi connectivity index (χ4n) is 3.32. The van der Waals surface area contributed by atoms with Crippen LogP contribution in [0, 0.1) is 5.82 Å². The standard InChI is InChI=1S/C20H29FN2O2/c1-3-9-19(24)23(14-16-10-7-8-13-18(16)21)15(2)20(25)22-17-11-5-4-6-12-17/h7-8,10,13,15,17H,3-6,9,11-12,14H2,1-2H3,(H,22,25). The van der Waals surface area contributed by atoms with Crippen LogP contribution in [-0.2, 0) is 16.1 Å². The molecule has 2 rings (SSSR count). The van der Waals surface area contributed by atoms with Gasteiger partial charge in [-0.25, -0.2) is 4.39 Å². The fourth-order valence-corrected chi connectivity index (χ4v) is 3.32. The first-order valence-corrected chi connectivity index (χ1v) is 9.36. The van der Waals surface area contributed by atoms with Crippen molar-refractivity contribution >= 4 is 11.8 Å². The molecule has 1 fully saturated rings. The second-order valence-corrected chi connectivity index (χ2v) is 6.88. The molecule has 0 bridgehead atoms. The molecular formula is C20H29FN2O2. The number of carbonyl (C=O) groups is 2. The lowest BCUT2D eigenvalue weighted by Crippen LogP contribution is -2.50. The molecule has 1 N–H and O–H groups in total. The average molecular weight is 348 g/mol. The van der Waals surface area contributed by atoms with E-state index in [1.54, 1.807) is 25.1 Å². The summed E-state index contributed by atoms with van der Waals surface area (Å²) in [7, 11) is 0. The van der Waals surface area contributed by atoms with Crippen molar-refractivity contribution in [3.63, 3.8) is 0 Å². The van der Waals surface area contributed by atoms with Crippen LogP contribution in [0.5, 0.6) is 0 Å². The highest BCUT2D eigenvalue weighted by Crippen LogP contribution is 2.19. The monoisotopic (exact) mass is 348 g/mol. The van der Waals surface area contributed by atoms with Crippen molar-refractivity contribution in [1.29, 1.82) is 0 Å². The van der Waals surface area contributed by atoms with Gasteiger partial charge < -0.3 is 10.2 Å². The van der Waals surface area contributed by atoms with E-state index in [4.69, 9.17) is 0 Å². The molecule has 0 saturated heterocycles. The number of hydrogen-bond donors (Lipinski definition) is 1. The van der Waals surface area contributed by atoms with Crippen molar-refractivity contribution in [2.24, 2.45) is 0 Å². The zero-order chi connectivity index (χ0) is 18.2. The third-order valence-corrected chi connectivity index (χ3v) is 4.88. The zero-order valence-corrected chi connectivity index (χ0v) is 15.3. The molecule has 1 aliphatic rings. The summed E-state index contributed by atoms with van der Waals surface area (Å²) in [6.07, 6.45) is 6.53. The lowest BCUT2D eigenvalue weighted by atomic mass is 9.95. The Labute approximate surface area is 149 Å². The molecule has 1 saturated carbocycles. The van der Waals surface area contributed by atoms with Crippen molar-refractivity contribution < 1.29 is 14.0 Å². The largest absolute Gasteiger partial charge is 0.352 e. The Morgan fingerprint density at radius 3 is 2.56 bits per heavy atom. The summed E-state index contributed by atoms with van der Waals surface area (Å²) >= 11 is 0. The Kier molecular flexibility index (Phi) is 7.41. The lowest BCUT2D eigenvalue weighted by Gasteiger charge is -2.31. The van der Waals surface area contributed by atoms with Gasteiger partial charge in [-0.15, -0.1) is 0 Å². The minimum absolute atomic E-state index is 0.114. The van der Waals surface area contributed by atoms with Crippen molar-refractivity contribution in [1.82, 2.24) is 10.2 Å². The van der Waals surface area contributed by atoms with Gasteiger partial charge in [-0.2, -0.15) is 0 Å². The van der Waals surface area contributed by atoms with Gasteiger partial charge in [0.1, 0.15) is 11.9 Å². The third kappa shape index (κ3) is 5.55. The highest BCUT2D eigenvalue weighted by atomic mass is 19.1. The molecule has 1 aliphatic carbocycles. The summed E-state index contributed by atoms with van der Waals surface area (Å²) in [5, 5.41) is 3.07. The number of hydrogen-bond acceptors (Lipinski definition) is 2. The fraction of sp³-hybridized carbons (Fsp3) is 0.600.